The van der Waals surface area contributed by atoms with E-state index in [-0.39, 0.29) is 5.91 Å². The van der Waals surface area contributed by atoms with Gasteiger partial charge in [-0.3, -0.25) is 4.79 Å². The van der Waals surface area contributed by atoms with Crippen LogP contribution in [-0.2, 0) is 11.2 Å². The van der Waals surface area contributed by atoms with E-state index in [4.69, 9.17) is 0 Å². The van der Waals surface area contributed by atoms with Crippen LogP contribution in [-0.4, -0.2) is 15.7 Å². The van der Waals surface area contributed by atoms with E-state index in [1.807, 2.05) is 80.9 Å². The quantitative estimate of drug-likeness (QED) is 0.774. The zero-order valence-electron chi connectivity index (χ0n) is 15.1. The average molecular weight is 333 g/mol. The zero-order valence-corrected chi connectivity index (χ0v) is 15.1. The van der Waals surface area contributed by atoms with Crippen LogP contribution in [0.15, 0.2) is 48.5 Å². The number of nitrogens with zero attached hydrogens (tertiary/aromatic N) is 2. The summed E-state index contributed by atoms with van der Waals surface area (Å²) >= 11 is 0. The summed E-state index contributed by atoms with van der Waals surface area (Å²) in [5.74, 6) is -0.0174. The van der Waals surface area contributed by atoms with Gasteiger partial charge in [-0.15, -0.1) is 0 Å². The highest BCUT2D eigenvalue weighted by Crippen LogP contribution is 2.22. The highest BCUT2D eigenvalue weighted by atomic mass is 16.1. The summed E-state index contributed by atoms with van der Waals surface area (Å²) in [5, 5.41) is 7.67. The fourth-order valence-electron chi connectivity index (χ4n) is 3.11. The van der Waals surface area contributed by atoms with Crippen molar-refractivity contribution < 1.29 is 4.79 Å². The van der Waals surface area contributed by atoms with Crippen molar-refractivity contribution >= 4 is 11.6 Å². The Bertz CT molecular complexity index is 890. The molecule has 0 spiro atoms. The third-order valence-electron chi connectivity index (χ3n) is 4.52. The lowest BCUT2D eigenvalue weighted by Gasteiger charge is -2.11. The van der Waals surface area contributed by atoms with Gasteiger partial charge in [0.2, 0.25) is 5.91 Å². The number of hydrogen-bond donors (Lipinski definition) is 1. The molecule has 25 heavy (non-hydrogen) atoms. The fraction of sp³-hybridized carbons (Fsp3) is 0.238. The van der Waals surface area contributed by atoms with E-state index in [1.165, 1.54) is 0 Å². The SMILES string of the molecule is Cc1cccc(C)c1NC(=O)Cc1c(C)nn(-c2ccccc2)c1C. The summed E-state index contributed by atoms with van der Waals surface area (Å²) < 4.78 is 1.90. The number of rotatable bonds is 4. The van der Waals surface area contributed by atoms with Crippen LogP contribution in [0.5, 0.6) is 0 Å². The molecule has 4 nitrogen and oxygen atoms in total. The number of para-hydroxylation sites is 2. The molecule has 1 heterocycles. The van der Waals surface area contributed by atoms with Crippen LogP contribution in [0.2, 0.25) is 0 Å². The Hall–Kier alpha value is -2.88. The predicted molar refractivity (Wildman–Crippen MR) is 101 cm³/mol. The zero-order chi connectivity index (χ0) is 18.0. The number of carbonyl (C=O) groups excluding carboxylic acids is 1. The summed E-state index contributed by atoms with van der Waals surface area (Å²) in [4.78, 5) is 12.6. The van der Waals surface area contributed by atoms with Crippen molar-refractivity contribution in [2.45, 2.75) is 34.1 Å². The maximum atomic E-state index is 12.6. The molecule has 4 heteroatoms. The molecule has 0 aliphatic carbocycles. The van der Waals surface area contributed by atoms with Gasteiger partial charge in [0.05, 0.1) is 17.8 Å². The fourth-order valence-corrected chi connectivity index (χ4v) is 3.11. The Kier molecular flexibility index (Phi) is 4.70. The Balaban J connectivity index is 1.84. The van der Waals surface area contributed by atoms with E-state index in [0.29, 0.717) is 6.42 Å². The summed E-state index contributed by atoms with van der Waals surface area (Å²) in [6.07, 6.45) is 0.318. The number of aromatic nitrogens is 2. The minimum absolute atomic E-state index is 0.0174. The highest BCUT2D eigenvalue weighted by molar-refractivity contribution is 5.94. The van der Waals surface area contributed by atoms with Gasteiger partial charge in [-0.05, 0) is 51.0 Å². The second kappa shape index (κ2) is 6.93. The van der Waals surface area contributed by atoms with Crippen LogP contribution < -0.4 is 5.32 Å². The molecular formula is C21H23N3O. The van der Waals surface area contributed by atoms with Gasteiger partial charge in [0.1, 0.15) is 0 Å². The molecule has 1 N–H and O–H groups in total. The summed E-state index contributed by atoms with van der Waals surface area (Å²) in [5.41, 5.74) is 6.91. The maximum Gasteiger partial charge on any atom is 0.228 e. The van der Waals surface area contributed by atoms with Gasteiger partial charge in [-0.25, -0.2) is 4.68 Å². The first kappa shape index (κ1) is 17.0. The maximum absolute atomic E-state index is 12.6. The molecule has 0 aliphatic rings. The first-order valence-electron chi connectivity index (χ1n) is 8.44. The lowest BCUT2D eigenvalue weighted by molar-refractivity contribution is -0.115. The van der Waals surface area contributed by atoms with E-state index in [9.17, 15) is 4.79 Å². The molecule has 0 saturated carbocycles. The summed E-state index contributed by atoms with van der Waals surface area (Å²) in [6.45, 7) is 7.97. The molecule has 2 aromatic carbocycles. The minimum atomic E-state index is -0.0174. The van der Waals surface area contributed by atoms with Gasteiger partial charge in [0.25, 0.3) is 0 Å². The number of amides is 1. The van der Waals surface area contributed by atoms with E-state index in [1.54, 1.807) is 0 Å². The van der Waals surface area contributed by atoms with Crippen LogP contribution in [0.1, 0.15) is 28.1 Å². The van der Waals surface area contributed by atoms with Gasteiger partial charge in [-0.1, -0.05) is 36.4 Å². The topological polar surface area (TPSA) is 46.9 Å². The molecule has 0 unspecified atom stereocenters. The first-order valence-corrected chi connectivity index (χ1v) is 8.44. The number of benzene rings is 2. The molecule has 3 aromatic rings. The van der Waals surface area contributed by atoms with Crippen LogP contribution in [0, 0.1) is 27.7 Å². The van der Waals surface area contributed by atoms with Crippen molar-refractivity contribution in [1.29, 1.82) is 0 Å². The van der Waals surface area contributed by atoms with Crippen molar-refractivity contribution in [2.24, 2.45) is 0 Å². The first-order chi connectivity index (χ1) is 12.0. The van der Waals surface area contributed by atoms with Gasteiger partial charge < -0.3 is 5.32 Å². The standard InChI is InChI=1S/C21H23N3O/c1-14-9-8-10-15(2)21(14)22-20(25)13-19-16(3)23-24(17(19)4)18-11-6-5-7-12-18/h5-12H,13H2,1-4H3,(H,22,25). The lowest BCUT2D eigenvalue weighted by Crippen LogP contribution is -2.17. The summed E-state index contributed by atoms with van der Waals surface area (Å²) in [7, 11) is 0. The van der Waals surface area contributed by atoms with Crippen LogP contribution in [0.25, 0.3) is 5.69 Å². The number of hydrogen-bond acceptors (Lipinski definition) is 2. The molecule has 0 atom stereocenters. The van der Waals surface area contributed by atoms with Crippen molar-refractivity contribution in [2.75, 3.05) is 5.32 Å². The van der Waals surface area contributed by atoms with E-state index >= 15 is 0 Å². The van der Waals surface area contributed by atoms with Crippen molar-refractivity contribution in [3.63, 3.8) is 0 Å². The number of anilines is 1. The van der Waals surface area contributed by atoms with Gasteiger partial charge in [0.15, 0.2) is 0 Å². The molecular weight excluding hydrogens is 310 g/mol. The third-order valence-corrected chi connectivity index (χ3v) is 4.52. The van der Waals surface area contributed by atoms with Gasteiger partial charge >= 0.3 is 0 Å². The molecule has 0 saturated heterocycles. The Morgan fingerprint density at radius 3 is 2.24 bits per heavy atom. The Morgan fingerprint density at radius 1 is 0.960 bits per heavy atom. The summed E-state index contributed by atoms with van der Waals surface area (Å²) in [6, 6.07) is 16.0. The molecule has 3 rings (SSSR count). The molecule has 0 radical (unpaired) electrons. The van der Waals surface area contributed by atoms with Crippen LogP contribution >= 0.6 is 0 Å². The average Bonchev–Trinajstić information content (AvgIpc) is 2.87. The smallest absolute Gasteiger partial charge is 0.228 e. The largest absolute Gasteiger partial charge is 0.325 e. The Morgan fingerprint density at radius 2 is 1.60 bits per heavy atom. The predicted octanol–water partition coefficient (Wildman–Crippen LogP) is 4.29. The molecule has 0 fully saturated rings. The monoisotopic (exact) mass is 333 g/mol. The van der Waals surface area contributed by atoms with Gasteiger partial charge in [-0.2, -0.15) is 5.10 Å². The Labute approximate surface area is 148 Å². The van der Waals surface area contributed by atoms with E-state index in [0.717, 1.165) is 39.5 Å². The molecule has 1 amide bonds. The lowest BCUT2D eigenvalue weighted by atomic mass is 10.1. The highest BCUT2D eigenvalue weighted by Gasteiger charge is 2.16. The number of nitrogens with one attached hydrogen (secondary N) is 1. The second-order valence-electron chi connectivity index (χ2n) is 6.39. The third kappa shape index (κ3) is 3.48. The van der Waals surface area contributed by atoms with Gasteiger partial charge in [0, 0.05) is 16.9 Å². The van der Waals surface area contributed by atoms with Crippen LogP contribution in [0.3, 0.4) is 0 Å². The molecule has 1 aromatic heterocycles. The molecule has 0 bridgehead atoms. The van der Waals surface area contributed by atoms with Crippen molar-refractivity contribution in [1.82, 2.24) is 9.78 Å². The normalized spacial score (nSPS) is 10.7. The minimum Gasteiger partial charge on any atom is -0.325 e. The van der Waals surface area contributed by atoms with Crippen molar-refractivity contribution in [3.05, 3.63) is 76.6 Å². The molecule has 0 aliphatic heterocycles. The second-order valence-corrected chi connectivity index (χ2v) is 6.39. The van der Waals surface area contributed by atoms with Crippen LogP contribution in [0.4, 0.5) is 5.69 Å². The van der Waals surface area contributed by atoms with E-state index in [2.05, 4.69) is 10.4 Å². The van der Waals surface area contributed by atoms with Crippen molar-refractivity contribution in [3.8, 4) is 5.69 Å². The number of carbonyl (C=O) groups is 1. The number of aryl methyl sites for hydroxylation is 3. The van der Waals surface area contributed by atoms with E-state index < -0.39 is 0 Å². The molecule has 128 valence electrons.